The highest BCUT2D eigenvalue weighted by Gasteiger charge is 2.12. The molecule has 0 atom stereocenters. The number of rotatable bonds is 8. The molecule has 2 N–H and O–H groups in total. The highest BCUT2D eigenvalue weighted by atomic mass is 32.2. The molecule has 2 aromatic rings. The average molecular weight is 404 g/mol. The minimum absolute atomic E-state index is 0.0876. The van der Waals surface area contributed by atoms with Crippen molar-refractivity contribution < 1.29 is 32.9 Å². The van der Waals surface area contributed by atoms with Gasteiger partial charge in [0.2, 0.25) is 0 Å². The van der Waals surface area contributed by atoms with Gasteiger partial charge in [0.15, 0.2) is 38.6 Å². The Balaban J connectivity index is 2.03. The topological polar surface area (TPSA) is 110 Å². The monoisotopic (exact) mass is 404 g/mol. The maximum atomic E-state index is 12.1. The van der Waals surface area contributed by atoms with Crippen molar-refractivity contribution in [2.75, 3.05) is 20.0 Å². The van der Waals surface area contributed by atoms with Crippen LogP contribution in [0, 0.1) is 0 Å². The molecule has 7 nitrogen and oxygen atoms in total. The summed E-state index contributed by atoms with van der Waals surface area (Å²) >= 11 is 0. The van der Waals surface area contributed by atoms with Gasteiger partial charge in [-0.15, -0.1) is 0 Å². The lowest BCUT2D eigenvalue weighted by Gasteiger charge is -2.03. The number of phenols is 2. The molecule has 0 fully saturated rings. The third-order valence-corrected chi connectivity index (χ3v) is 4.92. The molecule has 0 saturated heterocycles. The van der Waals surface area contributed by atoms with Gasteiger partial charge in [0.25, 0.3) is 0 Å². The zero-order valence-electron chi connectivity index (χ0n) is 15.3. The molecule has 0 aliphatic carbocycles. The maximum Gasteiger partial charge on any atom is 0.179 e. The van der Waals surface area contributed by atoms with Gasteiger partial charge in [-0.1, -0.05) is 18.2 Å². The molecule has 0 saturated carbocycles. The number of benzene rings is 2. The summed E-state index contributed by atoms with van der Waals surface area (Å²) < 4.78 is 34.0. The third kappa shape index (κ3) is 5.88. The van der Waals surface area contributed by atoms with E-state index in [0.717, 1.165) is 11.5 Å². The van der Waals surface area contributed by atoms with E-state index in [1.807, 2.05) is 0 Å². The van der Waals surface area contributed by atoms with Crippen LogP contribution in [0.5, 0.6) is 23.0 Å². The molecule has 2 aromatic carbocycles. The number of sulfone groups is 1. The lowest BCUT2D eigenvalue weighted by atomic mass is 10.2. The molecule has 8 heteroatoms. The number of allylic oxidation sites excluding steroid dienone is 1. The van der Waals surface area contributed by atoms with Gasteiger partial charge in [0.1, 0.15) is 5.75 Å². The molecule has 0 spiro atoms. The van der Waals surface area contributed by atoms with Crippen LogP contribution in [0.2, 0.25) is 0 Å². The first-order valence-electron chi connectivity index (χ1n) is 8.10. The van der Waals surface area contributed by atoms with Crippen LogP contribution in [0.15, 0.2) is 47.9 Å². The van der Waals surface area contributed by atoms with Crippen LogP contribution in [0.25, 0.3) is 12.2 Å². The molecular weight excluding hydrogens is 384 g/mol. The van der Waals surface area contributed by atoms with Gasteiger partial charge in [0, 0.05) is 5.41 Å². The van der Waals surface area contributed by atoms with Gasteiger partial charge in [0.05, 0.1) is 14.2 Å². The summed E-state index contributed by atoms with van der Waals surface area (Å²) in [6.07, 6.45) is 3.82. The normalized spacial score (nSPS) is 11.8. The number of carbonyl (C=O) groups excluding carboxylic acids is 1. The second-order valence-electron chi connectivity index (χ2n) is 5.77. The van der Waals surface area contributed by atoms with Crippen molar-refractivity contribution in [3.63, 3.8) is 0 Å². The predicted molar refractivity (Wildman–Crippen MR) is 106 cm³/mol. The first-order valence-corrected chi connectivity index (χ1v) is 9.81. The van der Waals surface area contributed by atoms with E-state index < -0.39 is 21.4 Å². The van der Waals surface area contributed by atoms with Crippen LogP contribution >= 0.6 is 0 Å². The van der Waals surface area contributed by atoms with Crippen molar-refractivity contribution in [3.8, 4) is 23.0 Å². The molecule has 0 aliphatic heterocycles. The van der Waals surface area contributed by atoms with Crippen LogP contribution in [0.3, 0.4) is 0 Å². The Hall–Kier alpha value is -3.26. The van der Waals surface area contributed by atoms with Crippen LogP contribution in [0.4, 0.5) is 0 Å². The van der Waals surface area contributed by atoms with E-state index in [1.165, 1.54) is 50.6 Å². The Bertz CT molecular complexity index is 1020. The van der Waals surface area contributed by atoms with Crippen LogP contribution in [-0.4, -0.2) is 44.4 Å². The Morgan fingerprint density at radius 1 is 0.929 bits per heavy atom. The largest absolute Gasteiger partial charge is 0.504 e. The molecule has 0 aromatic heterocycles. The predicted octanol–water partition coefficient (Wildman–Crippen LogP) is 2.78. The van der Waals surface area contributed by atoms with Crippen LogP contribution in [-0.2, 0) is 14.6 Å². The molecule has 0 bridgehead atoms. The number of hydrogen-bond donors (Lipinski definition) is 2. The minimum atomic E-state index is -3.79. The first-order chi connectivity index (χ1) is 13.2. The summed E-state index contributed by atoms with van der Waals surface area (Å²) in [6, 6.07) is 8.97. The summed E-state index contributed by atoms with van der Waals surface area (Å²) in [4.78, 5) is 11.9. The fraction of sp³-hybridized carbons (Fsp3) is 0.150. The third-order valence-electron chi connectivity index (χ3n) is 3.68. The van der Waals surface area contributed by atoms with Gasteiger partial charge < -0.3 is 19.7 Å². The fourth-order valence-electron chi connectivity index (χ4n) is 2.29. The summed E-state index contributed by atoms with van der Waals surface area (Å²) in [5.74, 6) is -0.966. The van der Waals surface area contributed by atoms with E-state index in [1.54, 1.807) is 12.1 Å². The molecule has 28 heavy (non-hydrogen) atoms. The van der Waals surface area contributed by atoms with Crippen molar-refractivity contribution in [1.82, 2.24) is 0 Å². The van der Waals surface area contributed by atoms with Crippen molar-refractivity contribution in [3.05, 3.63) is 59.0 Å². The number of phenolic OH excluding ortho intramolecular Hbond substituents is 2. The number of ketones is 1. The lowest BCUT2D eigenvalue weighted by molar-refractivity contribution is -0.112. The molecule has 148 valence electrons. The second-order valence-corrected chi connectivity index (χ2v) is 7.66. The summed E-state index contributed by atoms with van der Waals surface area (Å²) in [6.45, 7) is 0. The van der Waals surface area contributed by atoms with Crippen LogP contribution in [0.1, 0.15) is 11.1 Å². The van der Waals surface area contributed by atoms with Crippen molar-refractivity contribution in [2.45, 2.75) is 0 Å². The van der Waals surface area contributed by atoms with E-state index in [4.69, 9.17) is 9.47 Å². The SMILES string of the molecule is COc1ccc(C=CS(=O)(=O)CC(=O)/C=C/c2ccc(OC)c(O)c2)cc1O. The molecule has 2 rings (SSSR count). The number of ether oxygens (including phenoxy) is 2. The maximum absolute atomic E-state index is 12.1. The zero-order valence-corrected chi connectivity index (χ0v) is 16.1. The first kappa shape index (κ1) is 21.0. The number of methoxy groups -OCH3 is 2. The molecule has 0 amide bonds. The molecule has 0 aliphatic rings. The standard InChI is InChI=1S/C20H20O7S/c1-26-19-7-4-14(11-17(19)22)3-6-16(21)13-28(24,25)10-9-15-5-8-20(27-2)18(23)12-15/h3-12,22-23H,13H2,1-2H3/b6-3+,10-9?. The Morgan fingerprint density at radius 3 is 1.89 bits per heavy atom. The fourth-order valence-corrected chi connectivity index (χ4v) is 3.24. The van der Waals surface area contributed by atoms with E-state index in [9.17, 15) is 23.4 Å². The van der Waals surface area contributed by atoms with Crippen molar-refractivity contribution in [1.29, 1.82) is 0 Å². The Labute approximate surface area is 163 Å². The number of carbonyl (C=O) groups is 1. The van der Waals surface area contributed by atoms with E-state index >= 15 is 0 Å². The molecule has 0 unspecified atom stereocenters. The quantitative estimate of drug-likeness (QED) is 0.651. The highest BCUT2D eigenvalue weighted by Crippen LogP contribution is 2.27. The number of hydrogen-bond acceptors (Lipinski definition) is 7. The summed E-state index contributed by atoms with van der Waals surface area (Å²) in [5.41, 5.74) is 0.965. The van der Waals surface area contributed by atoms with Crippen molar-refractivity contribution >= 4 is 27.8 Å². The second kappa shape index (κ2) is 9.09. The Morgan fingerprint density at radius 2 is 1.43 bits per heavy atom. The number of aromatic hydroxyl groups is 2. The summed E-state index contributed by atoms with van der Waals surface area (Å²) in [7, 11) is -0.974. The molecular formula is C20H20O7S. The molecule has 0 radical (unpaired) electrons. The van der Waals surface area contributed by atoms with Gasteiger partial charge >= 0.3 is 0 Å². The van der Waals surface area contributed by atoms with E-state index in [0.29, 0.717) is 16.9 Å². The van der Waals surface area contributed by atoms with Crippen LogP contribution < -0.4 is 9.47 Å². The van der Waals surface area contributed by atoms with E-state index in [-0.39, 0.29) is 17.2 Å². The Kier molecular flexibility index (Phi) is 6.84. The molecule has 0 heterocycles. The smallest absolute Gasteiger partial charge is 0.179 e. The van der Waals surface area contributed by atoms with Crippen molar-refractivity contribution in [2.24, 2.45) is 0 Å². The van der Waals surface area contributed by atoms with Gasteiger partial charge in [-0.2, -0.15) is 0 Å². The zero-order chi connectivity index (χ0) is 20.7. The summed E-state index contributed by atoms with van der Waals surface area (Å²) in [5, 5.41) is 20.3. The van der Waals surface area contributed by atoms with Gasteiger partial charge in [-0.25, -0.2) is 8.42 Å². The van der Waals surface area contributed by atoms with Gasteiger partial charge in [-0.3, -0.25) is 4.79 Å². The van der Waals surface area contributed by atoms with Gasteiger partial charge in [-0.05, 0) is 47.5 Å². The highest BCUT2D eigenvalue weighted by molar-refractivity contribution is 7.95. The van der Waals surface area contributed by atoms with E-state index in [2.05, 4.69) is 0 Å². The minimum Gasteiger partial charge on any atom is -0.504 e. The lowest BCUT2D eigenvalue weighted by Crippen LogP contribution is -2.11. The average Bonchev–Trinajstić information content (AvgIpc) is 2.64.